The molecule has 2 nitrogen and oxygen atoms in total. The molecule has 1 heterocycles. The summed E-state index contributed by atoms with van der Waals surface area (Å²) in [4.78, 5) is 13.4. The third kappa shape index (κ3) is 3.07. The summed E-state index contributed by atoms with van der Waals surface area (Å²) < 4.78 is 1.05. The van der Waals surface area contributed by atoms with Gasteiger partial charge in [0.1, 0.15) is 0 Å². The monoisotopic (exact) mass is 347 g/mol. The Labute approximate surface area is 131 Å². The van der Waals surface area contributed by atoms with Crippen molar-refractivity contribution in [2.24, 2.45) is 0 Å². The Kier molecular flexibility index (Phi) is 4.13. The molecule has 0 spiro atoms. The summed E-state index contributed by atoms with van der Waals surface area (Å²) >= 11 is 5.07. The van der Waals surface area contributed by atoms with Gasteiger partial charge in [-0.25, -0.2) is 0 Å². The first-order valence-electron chi connectivity index (χ1n) is 6.49. The molecular formula is C16H14BrNOS. The molecule has 1 N–H and O–H groups in total. The Morgan fingerprint density at radius 2 is 1.95 bits per heavy atom. The highest BCUT2D eigenvalue weighted by molar-refractivity contribution is 9.10. The Bertz CT molecular complexity index is 602. The van der Waals surface area contributed by atoms with Crippen LogP contribution >= 0.6 is 27.7 Å². The van der Waals surface area contributed by atoms with Crippen LogP contribution in [0.1, 0.15) is 11.1 Å². The number of rotatable bonds is 3. The van der Waals surface area contributed by atoms with E-state index in [1.165, 1.54) is 10.5 Å². The third-order valence-electron chi connectivity index (χ3n) is 3.32. The molecule has 0 saturated carbocycles. The molecule has 2 aromatic carbocycles. The molecule has 1 amide bonds. The van der Waals surface area contributed by atoms with Crippen molar-refractivity contribution in [3.63, 3.8) is 0 Å². The number of amides is 1. The van der Waals surface area contributed by atoms with E-state index in [0.717, 1.165) is 16.5 Å². The van der Waals surface area contributed by atoms with Gasteiger partial charge in [-0.15, -0.1) is 11.8 Å². The predicted molar refractivity (Wildman–Crippen MR) is 85.8 cm³/mol. The zero-order valence-electron chi connectivity index (χ0n) is 10.8. The predicted octanol–water partition coefficient (Wildman–Crippen LogP) is 3.78. The van der Waals surface area contributed by atoms with Gasteiger partial charge in [0.2, 0.25) is 5.91 Å². The maximum atomic E-state index is 12.2. The summed E-state index contributed by atoms with van der Waals surface area (Å²) in [7, 11) is 0. The molecule has 1 atom stereocenters. The van der Waals surface area contributed by atoms with E-state index in [1.807, 2.05) is 36.4 Å². The number of halogens is 1. The number of benzene rings is 2. The normalized spacial score (nSPS) is 16.8. The van der Waals surface area contributed by atoms with Crippen molar-refractivity contribution >= 4 is 33.6 Å². The van der Waals surface area contributed by atoms with Crippen molar-refractivity contribution in [2.45, 2.75) is 23.1 Å². The van der Waals surface area contributed by atoms with Crippen molar-refractivity contribution in [2.75, 3.05) is 0 Å². The van der Waals surface area contributed by atoms with E-state index in [-0.39, 0.29) is 11.2 Å². The summed E-state index contributed by atoms with van der Waals surface area (Å²) in [6, 6.07) is 16.2. The van der Waals surface area contributed by atoms with Crippen LogP contribution in [0.4, 0.5) is 0 Å². The van der Waals surface area contributed by atoms with Crippen LogP contribution in [0.5, 0.6) is 0 Å². The molecule has 0 bridgehead atoms. The molecule has 102 valence electrons. The second-order valence-electron chi connectivity index (χ2n) is 4.76. The Morgan fingerprint density at radius 3 is 2.70 bits per heavy atom. The van der Waals surface area contributed by atoms with E-state index in [2.05, 4.69) is 33.4 Å². The van der Waals surface area contributed by atoms with Gasteiger partial charge in [0.15, 0.2) is 0 Å². The van der Waals surface area contributed by atoms with E-state index in [4.69, 9.17) is 0 Å². The zero-order chi connectivity index (χ0) is 13.9. The van der Waals surface area contributed by atoms with Gasteiger partial charge in [-0.2, -0.15) is 0 Å². The van der Waals surface area contributed by atoms with Gasteiger partial charge in [-0.3, -0.25) is 4.79 Å². The van der Waals surface area contributed by atoms with Crippen LogP contribution in [-0.4, -0.2) is 11.2 Å². The lowest BCUT2D eigenvalue weighted by Gasteiger charge is -2.10. The first kappa shape index (κ1) is 13.7. The topological polar surface area (TPSA) is 29.1 Å². The highest BCUT2D eigenvalue weighted by atomic mass is 79.9. The number of hydrogen-bond acceptors (Lipinski definition) is 2. The largest absolute Gasteiger partial charge is 0.351 e. The maximum absolute atomic E-state index is 12.2. The number of fused-ring (bicyclic) bond motifs is 1. The smallest absolute Gasteiger partial charge is 0.234 e. The van der Waals surface area contributed by atoms with Gasteiger partial charge < -0.3 is 5.32 Å². The van der Waals surface area contributed by atoms with Crippen LogP contribution in [0.3, 0.4) is 0 Å². The minimum absolute atomic E-state index is 0.00264. The van der Waals surface area contributed by atoms with Crippen molar-refractivity contribution in [1.29, 1.82) is 0 Å². The second-order valence-corrected chi connectivity index (χ2v) is 6.92. The standard InChI is InChI=1S/C16H14BrNOS/c17-13-7-5-11(6-8-13)10-18-16(19)15-9-12-3-1-2-4-14(12)20-15/h1-8,15H,9-10H2,(H,18,19). The van der Waals surface area contributed by atoms with E-state index < -0.39 is 0 Å². The summed E-state index contributed by atoms with van der Waals surface area (Å²) in [6.45, 7) is 0.583. The average molecular weight is 348 g/mol. The van der Waals surface area contributed by atoms with Gasteiger partial charge in [0, 0.05) is 15.9 Å². The van der Waals surface area contributed by atoms with Crippen molar-refractivity contribution in [3.8, 4) is 0 Å². The molecule has 0 aromatic heterocycles. The van der Waals surface area contributed by atoms with E-state index >= 15 is 0 Å². The molecule has 20 heavy (non-hydrogen) atoms. The molecule has 0 radical (unpaired) electrons. The number of thioether (sulfide) groups is 1. The van der Waals surface area contributed by atoms with Crippen LogP contribution in [-0.2, 0) is 17.8 Å². The molecule has 3 rings (SSSR count). The van der Waals surface area contributed by atoms with Crippen LogP contribution in [0, 0.1) is 0 Å². The molecule has 0 saturated heterocycles. The molecular weight excluding hydrogens is 334 g/mol. The van der Waals surface area contributed by atoms with Crippen LogP contribution in [0.25, 0.3) is 0 Å². The summed E-state index contributed by atoms with van der Waals surface area (Å²) in [6.07, 6.45) is 0.826. The molecule has 0 aliphatic carbocycles. The molecule has 1 aliphatic heterocycles. The number of carbonyl (C=O) groups is 1. The van der Waals surface area contributed by atoms with Crippen LogP contribution in [0.15, 0.2) is 57.9 Å². The van der Waals surface area contributed by atoms with Gasteiger partial charge in [0.05, 0.1) is 5.25 Å². The van der Waals surface area contributed by atoms with Crippen LogP contribution < -0.4 is 5.32 Å². The van der Waals surface area contributed by atoms with E-state index in [0.29, 0.717) is 6.54 Å². The number of hydrogen-bond donors (Lipinski definition) is 1. The van der Waals surface area contributed by atoms with Gasteiger partial charge in [0.25, 0.3) is 0 Å². The highest BCUT2D eigenvalue weighted by Gasteiger charge is 2.27. The lowest BCUT2D eigenvalue weighted by molar-refractivity contribution is -0.120. The summed E-state index contributed by atoms with van der Waals surface area (Å²) in [5.74, 6) is 0.120. The first-order chi connectivity index (χ1) is 9.72. The lowest BCUT2D eigenvalue weighted by Crippen LogP contribution is -2.31. The molecule has 0 fully saturated rings. The van der Waals surface area contributed by atoms with Crippen LogP contribution in [0.2, 0.25) is 0 Å². The molecule has 4 heteroatoms. The number of carbonyl (C=O) groups excluding carboxylic acids is 1. The summed E-state index contributed by atoms with van der Waals surface area (Å²) in [5, 5.41) is 3.02. The lowest BCUT2D eigenvalue weighted by atomic mass is 10.1. The Balaban J connectivity index is 1.57. The fourth-order valence-corrected chi connectivity index (χ4v) is 3.72. The fourth-order valence-electron chi connectivity index (χ4n) is 2.23. The van der Waals surface area contributed by atoms with E-state index in [1.54, 1.807) is 11.8 Å². The van der Waals surface area contributed by atoms with Gasteiger partial charge >= 0.3 is 0 Å². The van der Waals surface area contributed by atoms with Crippen molar-refractivity contribution in [1.82, 2.24) is 5.32 Å². The van der Waals surface area contributed by atoms with Gasteiger partial charge in [-0.1, -0.05) is 46.3 Å². The fraction of sp³-hybridized carbons (Fsp3) is 0.188. The van der Waals surface area contributed by atoms with E-state index in [9.17, 15) is 4.79 Å². The molecule has 1 unspecified atom stereocenters. The maximum Gasteiger partial charge on any atom is 0.234 e. The van der Waals surface area contributed by atoms with Crippen molar-refractivity contribution < 1.29 is 4.79 Å². The third-order valence-corrected chi connectivity index (χ3v) is 5.17. The SMILES string of the molecule is O=C(NCc1ccc(Br)cc1)C1Cc2ccccc2S1. The zero-order valence-corrected chi connectivity index (χ0v) is 13.2. The first-order valence-corrected chi connectivity index (χ1v) is 8.16. The minimum atomic E-state index is 0.00264. The van der Waals surface area contributed by atoms with Gasteiger partial charge in [-0.05, 0) is 35.7 Å². The average Bonchev–Trinajstić information content (AvgIpc) is 2.90. The second kappa shape index (κ2) is 6.02. The minimum Gasteiger partial charge on any atom is -0.351 e. The molecule has 1 aliphatic rings. The summed E-state index contributed by atoms with van der Waals surface area (Å²) in [5.41, 5.74) is 2.39. The number of nitrogens with one attached hydrogen (secondary N) is 1. The highest BCUT2D eigenvalue weighted by Crippen LogP contribution is 2.36. The Hall–Kier alpha value is -1.26. The Morgan fingerprint density at radius 1 is 1.20 bits per heavy atom. The quantitative estimate of drug-likeness (QED) is 0.915. The molecule has 2 aromatic rings. The van der Waals surface area contributed by atoms with Crippen molar-refractivity contribution in [3.05, 3.63) is 64.1 Å².